The largest absolute Gasteiger partial charge is 0.369 e. The van der Waals surface area contributed by atoms with Crippen molar-refractivity contribution < 1.29 is 0 Å². The summed E-state index contributed by atoms with van der Waals surface area (Å²) in [4.78, 5) is 4.81. The minimum atomic E-state index is 0.601. The lowest BCUT2D eigenvalue weighted by Gasteiger charge is -2.35. The number of likely N-dealkylation sites (N-methyl/N-ethyl adjacent to an activating group) is 1. The van der Waals surface area contributed by atoms with E-state index in [4.69, 9.17) is 11.6 Å². The first-order chi connectivity index (χ1) is 7.70. The molecule has 0 atom stereocenters. The molecule has 0 spiro atoms. The lowest BCUT2D eigenvalue weighted by Crippen LogP contribution is -2.44. The lowest BCUT2D eigenvalue weighted by atomic mass is 10.1. The molecule has 0 amide bonds. The summed E-state index contributed by atoms with van der Waals surface area (Å²) in [6.07, 6.45) is 0. The van der Waals surface area contributed by atoms with Crippen LogP contribution < -0.4 is 4.90 Å². The van der Waals surface area contributed by atoms with Crippen LogP contribution >= 0.6 is 11.6 Å². The van der Waals surface area contributed by atoms with Crippen LogP contribution in [0.5, 0.6) is 0 Å². The smallest absolute Gasteiger partial charge is 0.0494 e. The Labute approximate surface area is 103 Å². The van der Waals surface area contributed by atoms with E-state index in [1.54, 1.807) is 0 Å². The minimum absolute atomic E-state index is 0.601. The molecule has 16 heavy (non-hydrogen) atoms. The number of hydrogen-bond donors (Lipinski definition) is 0. The summed E-state index contributed by atoms with van der Waals surface area (Å²) in [5.74, 6) is 0.601. The van der Waals surface area contributed by atoms with Gasteiger partial charge < -0.3 is 9.80 Å². The zero-order valence-corrected chi connectivity index (χ0v) is 10.8. The molecule has 2 rings (SSSR count). The molecule has 88 valence electrons. The summed E-state index contributed by atoms with van der Waals surface area (Å²) < 4.78 is 0. The molecule has 1 aromatic carbocycles. The summed E-state index contributed by atoms with van der Waals surface area (Å²) in [5.41, 5.74) is 3.86. The number of rotatable bonds is 2. The highest BCUT2D eigenvalue weighted by Crippen LogP contribution is 2.24. The number of alkyl halides is 1. The molecule has 0 aromatic heterocycles. The van der Waals surface area contributed by atoms with E-state index in [0.29, 0.717) is 5.88 Å². The molecule has 1 saturated heterocycles. The van der Waals surface area contributed by atoms with Gasteiger partial charge in [0.2, 0.25) is 0 Å². The van der Waals surface area contributed by atoms with E-state index in [0.717, 1.165) is 26.2 Å². The standard InChI is InChI=1S/C13H19ClN2/c1-11-3-4-13(12(9-11)10-14)16-7-5-15(2)6-8-16/h3-4,9H,5-8,10H2,1-2H3. The fraction of sp³-hybridized carbons (Fsp3) is 0.538. The zero-order valence-electron chi connectivity index (χ0n) is 10.0. The van der Waals surface area contributed by atoms with Gasteiger partial charge in [0, 0.05) is 37.7 Å². The molecule has 1 aliphatic heterocycles. The summed E-state index contributed by atoms with van der Waals surface area (Å²) in [5, 5.41) is 0. The van der Waals surface area contributed by atoms with Crippen LogP contribution in [0.4, 0.5) is 5.69 Å². The van der Waals surface area contributed by atoms with Crippen molar-refractivity contribution in [3.05, 3.63) is 29.3 Å². The summed E-state index contributed by atoms with van der Waals surface area (Å²) in [6.45, 7) is 6.59. The van der Waals surface area contributed by atoms with Gasteiger partial charge in [-0.05, 0) is 25.6 Å². The number of piperazine rings is 1. The van der Waals surface area contributed by atoms with Crippen LogP contribution in [-0.2, 0) is 5.88 Å². The second kappa shape index (κ2) is 5.07. The van der Waals surface area contributed by atoms with Gasteiger partial charge in [0.05, 0.1) is 0 Å². The van der Waals surface area contributed by atoms with Crippen LogP contribution in [0.3, 0.4) is 0 Å². The Morgan fingerprint density at radius 3 is 2.50 bits per heavy atom. The minimum Gasteiger partial charge on any atom is -0.369 e. The second-order valence-electron chi connectivity index (χ2n) is 4.56. The predicted octanol–water partition coefficient (Wildman–Crippen LogP) is 2.49. The van der Waals surface area contributed by atoms with Gasteiger partial charge in [0.15, 0.2) is 0 Å². The van der Waals surface area contributed by atoms with Gasteiger partial charge >= 0.3 is 0 Å². The van der Waals surface area contributed by atoms with Crippen molar-refractivity contribution in [1.29, 1.82) is 0 Å². The van der Waals surface area contributed by atoms with E-state index < -0.39 is 0 Å². The first kappa shape index (κ1) is 11.7. The Bertz CT molecular complexity index is 357. The van der Waals surface area contributed by atoms with Gasteiger partial charge in [-0.15, -0.1) is 11.6 Å². The Morgan fingerprint density at radius 2 is 1.88 bits per heavy atom. The van der Waals surface area contributed by atoms with E-state index in [9.17, 15) is 0 Å². The van der Waals surface area contributed by atoms with E-state index in [2.05, 4.69) is 42.0 Å². The normalized spacial score (nSPS) is 17.8. The third kappa shape index (κ3) is 2.50. The van der Waals surface area contributed by atoms with Crippen LogP contribution in [0, 0.1) is 6.92 Å². The zero-order chi connectivity index (χ0) is 11.5. The monoisotopic (exact) mass is 238 g/mol. The quantitative estimate of drug-likeness (QED) is 0.731. The topological polar surface area (TPSA) is 6.48 Å². The van der Waals surface area contributed by atoms with Crippen molar-refractivity contribution in [3.8, 4) is 0 Å². The molecule has 0 aliphatic carbocycles. The SMILES string of the molecule is Cc1ccc(N2CCN(C)CC2)c(CCl)c1. The molecule has 0 saturated carbocycles. The molecule has 1 aliphatic rings. The molecule has 0 radical (unpaired) electrons. The lowest BCUT2D eigenvalue weighted by molar-refractivity contribution is 0.312. The van der Waals surface area contributed by atoms with Crippen LogP contribution in [0.1, 0.15) is 11.1 Å². The Morgan fingerprint density at radius 1 is 1.19 bits per heavy atom. The molecule has 1 heterocycles. The van der Waals surface area contributed by atoms with Crippen molar-refractivity contribution in [2.75, 3.05) is 38.1 Å². The number of benzene rings is 1. The fourth-order valence-corrected chi connectivity index (χ4v) is 2.39. The van der Waals surface area contributed by atoms with E-state index in [1.807, 2.05) is 0 Å². The van der Waals surface area contributed by atoms with E-state index in [-0.39, 0.29) is 0 Å². The molecular weight excluding hydrogens is 220 g/mol. The van der Waals surface area contributed by atoms with Gasteiger partial charge in [-0.2, -0.15) is 0 Å². The second-order valence-corrected chi connectivity index (χ2v) is 4.82. The average Bonchev–Trinajstić information content (AvgIpc) is 2.30. The molecule has 2 nitrogen and oxygen atoms in total. The highest BCUT2D eigenvalue weighted by atomic mass is 35.5. The third-order valence-electron chi connectivity index (χ3n) is 3.22. The van der Waals surface area contributed by atoms with Crippen LogP contribution in [0.25, 0.3) is 0 Å². The van der Waals surface area contributed by atoms with Crippen molar-refractivity contribution in [1.82, 2.24) is 4.90 Å². The Kier molecular flexibility index (Phi) is 3.72. The highest BCUT2D eigenvalue weighted by Gasteiger charge is 2.16. The summed E-state index contributed by atoms with van der Waals surface area (Å²) >= 11 is 6.01. The van der Waals surface area contributed by atoms with Crippen LogP contribution in [0.15, 0.2) is 18.2 Å². The van der Waals surface area contributed by atoms with Gasteiger partial charge in [-0.3, -0.25) is 0 Å². The van der Waals surface area contributed by atoms with Gasteiger partial charge in [0.1, 0.15) is 0 Å². The van der Waals surface area contributed by atoms with Crippen LogP contribution in [-0.4, -0.2) is 38.1 Å². The first-order valence-electron chi connectivity index (χ1n) is 5.79. The highest BCUT2D eigenvalue weighted by molar-refractivity contribution is 6.17. The molecule has 1 fully saturated rings. The predicted molar refractivity (Wildman–Crippen MR) is 70.4 cm³/mol. The summed E-state index contributed by atoms with van der Waals surface area (Å²) in [7, 11) is 2.18. The Hall–Kier alpha value is -0.730. The third-order valence-corrected chi connectivity index (χ3v) is 3.51. The summed E-state index contributed by atoms with van der Waals surface area (Å²) in [6, 6.07) is 6.57. The number of anilines is 1. The van der Waals surface area contributed by atoms with Crippen molar-refractivity contribution in [2.24, 2.45) is 0 Å². The molecule has 0 bridgehead atoms. The fourth-order valence-electron chi connectivity index (χ4n) is 2.18. The molecule has 3 heteroatoms. The number of nitrogens with zero attached hydrogens (tertiary/aromatic N) is 2. The number of hydrogen-bond acceptors (Lipinski definition) is 2. The number of halogens is 1. The van der Waals surface area contributed by atoms with Crippen molar-refractivity contribution in [2.45, 2.75) is 12.8 Å². The van der Waals surface area contributed by atoms with Gasteiger partial charge in [-0.25, -0.2) is 0 Å². The average molecular weight is 239 g/mol. The van der Waals surface area contributed by atoms with E-state index in [1.165, 1.54) is 16.8 Å². The molecule has 1 aromatic rings. The van der Waals surface area contributed by atoms with Crippen molar-refractivity contribution >= 4 is 17.3 Å². The van der Waals surface area contributed by atoms with Gasteiger partial charge in [-0.1, -0.05) is 17.7 Å². The number of aryl methyl sites for hydroxylation is 1. The maximum atomic E-state index is 6.01. The Balaban J connectivity index is 2.19. The van der Waals surface area contributed by atoms with Gasteiger partial charge in [0.25, 0.3) is 0 Å². The van der Waals surface area contributed by atoms with Crippen LogP contribution in [0.2, 0.25) is 0 Å². The molecule has 0 N–H and O–H groups in total. The van der Waals surface area contributed by atoms with E-state index >= 15 is 0 Å². The maximum absolute atomic E-state index is 6.01. The molecule has 0 unspecified atom stereocenters. The van der Waals surface area contributed by atoms with Crippen molar-refractivity contribution in [3.63, 3.8) is 0 Å². The first-order valence-corrected chi connectivity index (χ1v) is 6.33. The molecular formula is C13H19ClN2. The maximum Gasteiger partial charge on any atom is 0.0494 e.